The van der Waals surface area contributed by atoms with Crippen molar-refractivity contribution in [3.8, 4) is 11.5 Å². The summed E-state index contributed by atoms with van der Waals surface area (Å²) in [6.45, 7) is 0.505. The van der Waals surface area contributed by atoms with Gasteiger partial charge in [-0.15, -0.1) is 11.6 Å². The zero-order chi connectivity index (χ0) is 15.5. The molecule has 1 unspecified atom stereocenters. The van der Waals surface area contributed by atoms with E-state index in [1.165, 1.54) is 25.3 Å². The summed E-state index contributed by atoms with van der Waals surface area (Å²) < 4.78 is 41.5. The third kappa shape index (κ3) is 3.78. The molecule has 1 N–H and O–H groups in total. The van der Waals surface area contributed by atoms with Crippen LogP contribution in [0.4, 0.5) is 0 Å². The van der Waals surface area contributed by atoms with Crippen molar-refractivity contribution >= 4 is 27.6 Å². The van der Waals surface area contributed by atoms with Crippen LogP contribution in [0.15, 0.2) is 23.1 Å². The van der Waals surface area contributed by atoms with Gasteiger partial charge in [-0.3, -0.25) is 4.79 Å². The molecule has 9 heteroatoms. The average Bonchev–Trinajstić information content (AvgIpc) is 2.51. The van der Waals surface area contributed by atoms with Crippen LogP contribution in [-0.2, 0) is 19.6 Å². The number of halogens is 1. The van der Waals surface area contributed by atoms with Gasteiger partial charge in [-0.2, -0.15) is 0 Å². The van der Waals surface area contributed by atoms with Crippen LogP contribution in [0.5, 0.6) is 11.5 Å². The van der Waals surface area contributed by atoms with Crippen molar-refractivity contribution in [2.24, 2.45) is 0 Å². The normalized spacial score (nSPS) is 15.3. The fourth-order valence-electron chi connectivity index (χ4n) is 1.67. The molecule has 0 saturated heterocycles. The minimum Gasteiger partial charge on any atom is -0.486 e. The second-order valence-corrected chi connectivity index (χ2v) is 6.44. The van der Waals surface area contributed by atoms with Gasteiger partial charge >= 0.3 is 5.97 Å². The standard InChI is InChI=1S/C12H14ClNO6S/c1-18-12(15)9(13)7-14-21(16,17)8-2-3-10-11(6-8)20-5-4-19-10/h2-3,6,9,14H,4-5,7H2,1H3. The minimum atomic E-state index is -3.81. The number of hydrogen-bond donors (Lipinski definition) is 1. The van der Waals surface area contributed by atoms with Gasteiger partial charge in [-0.25, -0.2) is 13.1 Å². The molecule has 1 atom stereocenters. The molecule has 1 aliphatic heterocycles. The Labute approximate surface area is 127 Å². The molecule has 0 aliphatic carbocycles. The summed E-state index contributed by atoms with van der Waals surface area (Å²) in [6, 6.07) is 4.26. The lowest BCUT2D eigenvalue weighted by Gasteiger charge is -2.19. The van der Waals surface area contributed by atoms with Gasteiger partial charge in [0.25, 0.3) is 0 Å². The summed E-state index contributed by atoms with van der Waals surface area (Å²) in [5.74, 6) is 0.144. The van der Waals surface area contributed by atoms with E-state index in [-0.39, 0.29) is 11.4 Å². The van der Waals surface area contributed by atoms with Crippen molar-refractivity contribution < 1.29 is 27.4 Å². The third-order valence-electron chi connectivity index (χ3n) is 2.73. The predicted octanol–water partition coefficient (Wildman–Crippen LogP) is 0.516. The van der Waals surface area contributed by atoms with E-state index in [2.05, 4.69) is 9.46 Å². The molecule has 21 heavy (non-hydrogen) atoms. The molecule has 7 nitrogen and oxygen atoms in total. The molecular formula is C12H14ClNO6S. The van der Waals surface area contributed by atoms with Crippen LogP contribution in [0.2, 0.25) is 0 Å². The first-order valence-corrected chi connectivity index (χ1v) is 7.97. The monoisotopic (exact) mass is 335 g/mol. The summed E-state index contributed by atoms with van der Waals surface area (Å²) in [4.78, 5) is 11.1. The van der Waals surface area contributed by atoms with E-state index in [4.69, 9.17) is 21.1 Å². The van der Waals surface area contributed by atoms with Crippen LogP contribution in [0, 0.1) is 0 Å². The van der Waals surface area contributed by atoms with Crippen LogP contribution in [0.1, 0.15) is 0 Å². The summed E-state index contributed by atoms with van der Waals surface area (Å²) in [6.07, 6.45) is 0. The Kier molecular flexibility index (Phi) is 4.92. The molecule has 0 bridgehead atoms. The second-order valence-electron chi connectivity index (χ2n) is 4.15. The molecular weight excluding hydrogens is 322 g/mol. The first-order valence-electron chi connectivity index (χ1n) is 6.05. The molecule has 2 rings (SSSR count). The first kappa shape index (κ1) is 15.9. The Morgan fingerprint density at radius 3 is 2.71 bits per heavy atom. The molecule has 116 valence electrons. The number of ether oxygens (including phenoxy) is 3. The van der Waals surface area contributed by atoms with Crippen molar-refractivity contribution in [1.29, 1.82) is 0 Å². The topological polar surface area (TPSA) is 90.9 Å². The van der Waals surface area contributed by atoms with E-state index >= 15 is 0 Å². The number of alkyl halides is 1. The SMILES string of the molecule is COC(=O)C(Cl)CNS(=O)(=O)c1ccc2c(c1)OCCO2. The molecule has 1 heterocycles. The van der Waals surface area contributed by atoms with E-state index in [9.17, 15) is 13.2 Å². The lowest BCUT2D eigenvalue weighted by Crippen LogP contribution is -2.34. The van der Waals surface area contributed by atoms with Gasteiger partial charge in [-0.1, -0.05) is 0 Å². The van der Waals surface area contributed by atoms with Gasteiger partial charge in [0.15, 0.2) is 11.5 Å². The fraction of sp³-hybridized carbons (Fsp3) is 0.417. The Morgan fingerprint density at radius 2 is 2.05 bits per heavy atom. The smallest absolute Gasteiger partial charge is 0.325 e. The second kappa shape index (κ2) is 6.50. The van der Waals surface area contributed by atoms with Gasteiger partial charge in [0.2, 0.25) is 10.0 Å². The van der Waals surface area contributed by atoms with E-state index in [1.807, 2.05) is 0 Å². The quantitative estimate of drug-likeness (QED) is 0.623. The molecule has 0 spiro atoms. The zero-order valence-electron chi connectivity index (χ0n) is 11.2. The van der Waals surface area contributed by atoms with Crippen molar-refractivity contribution in [3.63, 3.8) is 0 Å². The molecule has 0 aromatic heterocycles. The van der Waals surface area contributed by atoms with Crippen LogP contribution < -0.4 is 14.2 Å². The van der Waals surface area contributed by atoms with E-state index < -0.39 is 21.4 Å². The van der Waals surface area contributed by atoms with E-state index in [1.54, 1.807) is 0 Å². The molecule has 0 radical (unpaired) electrons. The lowest BCUT2D eigenvalue weighted by molar-refractivity contribution is -0.140. The largest absolute Gasteiger partial charge is 0.486 e. The maximum Gasteiger partial charge on any atom is 0.325 e. The highest BCUT2D eigenvalue weighted by atomic mass is 35.5. The predicted molar refractivity (Wildman–Crippen MR) is 74.3 cm³/mol. The Bertz CT molecular complexity index is 633. The highest BCUT2D eigenvalue weighted by Crippen LogP contribution is 2.32. The molecule has 0 fully saturated rings. The van der Waals surface area contributed by atoms with Crippen LogP contribution >= 0.6 is 11.6 Å². The number of fused-ring (bicyclic) bond motifs is 1. The molecule has 0 saturated carbocycles. The molecule has 1 aromatic carbocycles. The number of esters is 1. The third-order valence-corrected chi connectivity index (χ3v) is 4.49. The summed E-state index contributed by atoms with van der Waals surface area (Å²) in [7, 11) is -2.63. The van der Waals surface area contributed by atoms with Crippen LogP contribution in [0.3, 0.4) is 0 Å². The lowest BCUT2D eigenvalue weighted by atomic mass is 10.3. The minimum absolute atomic E-state index is 0.000447. The highest BCUT2D eigenvalue weighted by molar-refractivity contribution is 7.89. The van der Waals surface area contributed by atoms with Gasteiger partial charge < -0.3 is 14.2 Å². The van der Waals surface area contributed by atoms with Gasteiger partial charge in [0.05, 0.1) is 12.0 Å². The maximum absolute atomic E-state index is 12.1. The van der Waals surface area contributed by atoms with Crippen molar-refractivity contribution in [2.75, 3.05) is 26.9 Å². The average molecular weight is 336 g/mol. The van der Waals surface area contributed by atoms with Gasteiger partial charge in [-0.05, 0) is 12.1 Å². The van der Waals surface area contributed by atoms with Gasteiger partial charge in [0, 0.05) is 12.6 Å². The number of carbonyl (C=O) groups excluding carboxylic acids is 1. The maximum atomic E-state index is 12.1. The van der Waals surface area contributed by atoms with Gasteiger partial charge in [0.1, 0.15) is 18.6 Å². The molecule has 0 amide bonds. The number of sulfonamides is 1. The van der Waals surface area contributed by atoms with Crippen molar-refractivity contribution in [1.82, 2.24) is 4.72 Å². The number of carbonyl (C=O) groups is 1. The fourth-order valence-corrected chi connectivity index (χ4v) is 2.99. The first-order chi connectivity index (χ1) is 9.94. The number of rotatable bonds is 5. The number of nitrogens with one attached hydrogen (secondary N) is 1. The Balaban J connectivity index is 2.11. The van der Waals surface area contributed by atoms with Crippen molar-refractivity contribution in [2.45, 2.75) is 10.3 Å². The van der Waals surface area contributed by atoms with Crippen molar-refractivity contribution in [3.05, 3.63) is 18.2 Å². The highest BCUT2D eigenvalue weighted by Gasteiger charge is 2.22. The Morgan fingerprint density at radius 1 is 1.38 bits per heavy atom. The van der Waals surface area contributed by atoms with E-state index in [0.29, 0.717) is 24.7 Å². The number of hydrogen-bond acceptors (Lipinski definition) is 6. The molecule has 1 aromatic rings. The summed E-state index contributed by atoms with van der Waals surface area (Å²) in [5, 5.41) is -1.10. The van der Waals surface area contributed by atoms with E-state index in [0.717, 1.165) is 0 Å². The summed E-state index contributed by atoms with van der Waals surface area (Å²) >= 11 is 5.69. The zero-order valence-corrected chi connectivity index (χ0v) is 12.7. The molecule has 1 aliphatic rings. The summed E-state index contributed by atoms with van der Waals surface area (Å²) in [5.41, 5.74) is 0. The number of benzene rings is 1. The Hall–Kier alpha value is -1.51. The van der Waals surface area contributed by atoms with Crippen LogP contribution in [0.25, 0.3) is 0 Å². The van der Waals surface area contributed by atoms with Crippen LogP contribution in [-0.4, -0.2) is 46.6 Å². The number of methoxy groups -OCH3 is 1.